The molecule has 2 fully saturated rings. The van der Waals surface area contributed by atoms with Crippen molar-refractivity contribution >= 4 is 56.4 Å². The van der Waals surface area contributed by atoms with Crippen LogP contribution in [0, 0.1) is 0 Å². The van der Waals surface area contributed by atoms with Gasteiger partial charge in [0.2, 0.25) is 17.8 Å². The van der Waals surface area contributed by atoms with E-state index in [0.29, 0.717) is 22.7 Å². The molecule has 15 heteroatoms. The number of rotatable bonds is 14. The van der Waals surface area contributed by atoms with Crippen molar-refractivity contribution in [2.75, 3.05) is 49.2 Å². The van der Waals surface area contributed by atoms with E-state index in [4.69, 9.17) is 0 Å². The van der Waals surface area contributed by atoms with E-state index < -0.39 is 33.6 Å². The second kappa shape index (κ2) is 16.5. The minimum absolute atomic E-state index is 0.104. The highest BCUT2D eigenvalue weighted by atomic mass is 32.2. The van der Waals surface area contributed by atoms with Gasteiger partial charge in [-0.3, -0.25) is 34.3 Å². The molecule has 58 heavy (non-hydrogen) atoms. The molecule has 0 radical (unpaired) electrons. The van der Waals surface area contributed by atoms with Crippen LogP contribution >= 0.6 is 0 Å². The summed E-state index contributed by atoms with van der Waals surface area (Å²) in [5, 5.41) is 10.2. The Bertz CT molecular complexity index is 2480. The molecule has 14 nitrogen and oxygen atoms in total. The summed E-state index contributed by atoms with van der Waals surface area (Å²) in [5.74, 6) is -1.44. The molecule has 1 atom stereocenters. The van der Waals surface area contributed by atoms with Gasteiger partial charge < -0.3 is 10.2 Å². The summed E-state index contributed by atoms with van der Waals surface area (Å²) in [5.41, 5.74) is 6.05. The lowest BCUT2D eigenvalue weighted by Crippen LogP contribution is -2.54. The number of aryl methyl sites for hydroxylation is 1. The van der Waals surface area contributed by atoms with Gasteiger partial charge in [-0.25, -0.2) is 12.9 Å². The van der Waals surface area contributed by atoms with Crippen LogP contribution in [0.15, 0.2) is 89.8 Å². The number of piperazine rings is 1. The van der Waals surface area contributed by atoms with Gasteiger partial charge in [0.05, 0.1) is 21.7 Å². The largest absolute Gasteiger partial charge is 0.369 e. The minimum Gasteiger partial charge on any atom is -0.369 e. The number of carbonyl (C=O) groups is 4. The highest BCUT2D eigenvalue weighted by Crippen LogP contribution is 2.29. The van der Waals surface area contributed by atoms with Crippen molar-refractivity contribution < 1.29 is 27.6 Å². The van der Waals surface area contributed by atoms with Gasteiger partial charge in [-0.15, -0.1) is 5.10 Å². The normalized spacial score (nSPS) is 17.6. The smallest absolute Gasteiger partial charge is 0.262 e. The van der Waals surface area contributed by atoms with Crippen molar-refractivity contribution in [3.05, 3.63) is 102 Å². The van der Waals surface area contributed by atoms with Crippen molar-refractivity contribution in [3.8, 4) is 11.3 Å². The number of hydrogen-bond donors (Lipinski definition) is 2. The van der Waals surface area contributed by atoms with Crippen LogP contribution in [0.2, 0.25) is 0 Å². The molecule has 2 N–H and O–H groups in total. The molecule has 3 aliphatic heterocycles. The van der Waals surface area contributed by atoms with Gasteiger partial charge in [0.15, 0.2) is 15.5 Å². The lowest BCUT2D eigenvalue weighted by molar-refractivity contribution is -0.136. The SMILES string of the molecule is CS(=O)(=O)c1ccc(-c2cccc3nc(Nc4ccc(N5CCN(CCCCCCCc6ccc7c(c6)C(=O)N(C6CCC(=O)NC6=O)C7=O)CC5)cc4)nn23)cc1. The molecule has 8 rings (SSSR count). The Morgan fingerprint density at radius 1 is 0.793 bits per heavy atom. The van der Waals surface area contributed by atoms with E-state index >= 15 is 0 Å². The molecular weight excluding hydrogens is 757 g/mol. The number of amides is 4. The first-order valence-electron chi connectivity index (χ1n) is 19.9. The fraction of sp³-hybridized carbons (Fsp3) is 0.349. The van der Waals surface area contributed by atoms with Gasteiger partial charge in [-0.05, 0) is 98.5 Å². The van der Waals surface area contributed by atoms with Gasteiger partial charge in [0.25, 0.3) is 11.8 Å². The van der Waals surface area contributed by atoms with E-state index in [1.54, 1.807) is 40.9 Å². The Hall–Kier alpha value is -5.93. The molecule has 300 valence electrons. The third-order valence-corrected chi connectivity index (χ3v) is 12.4. The fourth-order valence-electron chi connectivity index (χ4n) is 8.03. The van der Waals surface area contributed by atoms with Crippen LogP contribution in [0.1, 0.15) is 71.2 Å². The maximum Gasteiger partial charge on any atom is 0.262 e. The molecule has 4 amide bonds. The molecule has 1 unspecified atom stereocenters. The van der Waals surface area contributed by atoms with Crippen LogP contribution in [-0.2, 0) is 25.8 Å². The lowest BCUT2D eigenvalue weighted by Gasteiger charge is -2.36. The number of benzene rings is 3. The molecule has 0 saturated carbocycles. The second-order valence-electron chi connectivity index (χ2n) is 15.3. The van der Waals surface area contributed by atoms with Crippen LogP contribution < -0.4 is 15.5 Å². The molecule has 0 spiro atoms. The number of hydrogen-bond acceptors (Lipinski definition) is 11. The lowest BCUT2D eigenvalue weighted by atomic mass is 10.0. The number of unbranched alkanes of at least 4 members (excludes halogenated alkanes) is 4. The summed E-state index contributed by atoms with van der Waals surface area (Å²) in [6.07, 6.45) is 7.80. The molecular formula is C43H46N8O6S. The third-order valence-electron chi connectivity index (χ3n) is 11.2. The zero-order valence-electron chi connectivity index (χ0n) is 32.4. The van der Waals surface area contributed by atoms with Crippen LogP contribution in [-0.4, -0.2) is 101 Å². The second-order valence-corrected chi connectivity index (χ2v) is 17.3. The number of aromatic nitrogens is 3. The van der Waals surface area contributed by atoms with Gasteiger partial charge in [0, 0.05) is 55.8 Å². The van der Waals surface area contributed by atoms with Crippen molar-refractivity contribution in [2.45, 2.75) is 62.3 Å². The summed E-state index contributed by atoms with van der Waals surface area (Å²) in [4.78, 5) is 60.9. The summed E-state index contributed by atoms with van der Waals surface area (Å²) in [6.45, 7) is 5.06. The van der Waals surface area contributed by atoms with E-state index in [9.17, 15) is 27.6 Å². The number of piperidine rings is 1. The number of pyridine rings is 1. The van der Waals surface area contributed by atoms with E-state index in [1.807, 2.05) is 36.4 Å². The Kier molecular flexibility index (Phi) is 11.1. The van der Waals surface area contributed by atoms with Crippen molar-refractivity contribution in [2.24, 2.45) is 0 Å². The quantitative estimate of drug-likeness (QED) is 0.111. The molecule has 0 aliphatic carbocycles. The average molecular weight is 803 g/mol. The van der Waals surface area contributed by atoms with E-state index in [0.717, 1.165) is 98.7 Å². The zero-order chi connectivity index (χ0) is 40.4. The first-order valence-corrected chi connectivity index (χ1v) is 21.8. The van der Waals surface area contributed by atoms with Crippen LogP contribution in [0.5, 0.6) is 0 Å². The Balaban J connectivity index is 0.742. The van der Waals surface area contributed by atoms with E-state index in [-0.39, 0.29) is 23.6 Å². The molecule has 5 heterocycles. The van der Waals surface area contributed by atoms with Crippen LogP contribution in [0.4, 0.5) is 17.3 Å². The number of carbonyl (C=O) groups excluding carboxylic acids is 4. The van der Waals surface area contributed by atoms with Gasteiger partial charge in [0.1, 0.15) is 6.04 Å². The first-order chi connectivity index (χ1) is 28.0. The summed E-state index contributed by atoms with van der Waals surface area (Å²) in [7, 11) is -3.28. The monoisotopic (exact) mass is 802 g/mol. The molecule has 2 aromatic heterocycles. The maximum absolute atomic E-state index is 13.1. The summed E-state index contributed by atoms with van der Waals surface area (Å²) in [6, 6.07) is 25.2. The van der Waals surface area contributed by atoms with Crippen molar-refractivity contribution in [1.29, 1.82) is 0 Å². The minimum atomic E-state index is -3.28. The van der Waals surface area contributed by atoms with E-state index in [1.165, 1.54) is 11.9 Å². The standard InChI is InChI=1S/C43H46N8O6S/c1-58(56,57)33-18-12-30(13-19-33)36-9-7-10-38-45-43(47-51(36)38)44-31-14-16-32(17-15-31)49-26-24-48(25-27-49)23-6-4-2-3-5-8-29-11-20-34-35(28-29)42(55)50(41(34)54)37-21-22-39(52)46-40(37)53/h7,9-20,28,37H,2-6,8,21-27H2,1H3,(H,44,47)(H,46,52,53). The van der Waals surface area contributed by atoms with Crippen molar-refractivity contribution in [1.82, 2.24) is 29.7 Å². The Morgan fingerprint density at radius 2 is 1.52 bits per heavy atom. The zero-order valence-corrected chi connectivity index (χ0v) is 33.2. The molecule has 2 saturated heterocycles. The number of fused-ring (bicyclic) bond motifs is 2. The third kappa shape index (κ3) is 8.36. The molecule has 3 aromatic carbocycles. The number of imide groups is 2. The highest BCUT2D eigenvalue weighted by Gasteiger charge is 2.44. The average Bonchev–Trinajstić information content (AvgIpc) is 3.74. The Morgan fingerprint density at radius 3 is 2.26 bits per heavy atom. The van der Waals surface area contributed by atoms with Gasteiger partial charge in [-0.2, -0.15) is 4.98 Å². The molecule has 3 aliphatic rings. The van der Waals surface area contributed by atoms with Crippen LogP contribution in [0.25, 0.3) is 16.9 Å². The topological polar surface area (TPSA) is 166 Å². The summed E-state index contributed by atoms with van der Waals surface area (Å²) >= 11 is 0. The number of nitrogens with one attached hydrogen (secondary N) is 2. The predicted octanol–water partition coefficient (Wildman–Crippen LogP) is 5.26. The van der Waals surface area contributed by atoms with Crippen LogP contribution in [0.3, 0.4) is 0 Å². The Labute approximate surface area is 337 Å². The fourth-order valence-corrected chi connectivity index (χ4v) is 8.66. The highest BCUT2D eigenvalue weighted by molar-refractivity contribution is 7.90. The number of sulfone groups is 1. The van der Waals surface area contributed by atoms with Gasteiger partial charge in [-0.1, -0.05) is 43.5 Å². The number of anilines is 3. The number of nitrogens with zero attached hydrogens (tertiary/aromatic N) is 6. The maximum atomic E-state index is 13.1. The van der Waals surface area contributed by atoms with Crippen molar-refractivity contribution in [3.63, 3.8) is 0 Å². The van der Waals surface area contributed by atoms with Gasteiger partial charge >= 0.3 is 0 Å². The first kappa shape index (κ1) is 38.9. The molecule has 5 aromatic rings. The summed E-state index contributed by atoms with van der Waals surface area (Å²) < 4.78 is 25.5. The van der Waals surface area contributed by atoms with E-state index in [2.05, 4.69) is 42.6 Å². The predicted molar refractivity (Wildman–Crippen MR) is 220 cm³/mol. The molecule has 0 bridgehead atoms.